The van der Waals surface area contributed by atoms with Crippen molar-refractivity contribution in [3.05, 3.63) is 158 Å². The van der Waals surface area contributed by atoms with E-state index in [4.69, 9.17) is 28.8 Å². The number of pyridine rings is 1. The molecule has 0 spiro atoms. The van der Waals surface area contributed by atoms with E-state index in [2.05, 4.69) is 84.9 Å². The van der Waals surface area contributed by atoms with Gasteiger partial charge in [0.2, 0.25) is 0 Å². The van der Waals surface area contributed by atoms with Gasteiger partial charge in [-0.1, -0.05) is 133 Å². The third-order valence-corrected chi connectivity index (χ3v) is 9.94. The average molecular weight is 667 g/mol. The van der Waals surface area contributed by atoms with Gasteiger partial charge in [-0.15, -0.1) is 0 Å². The van der Waals surface area contributed by atoms with Gasteiger partial charge >= 0.3 is 0 Å². The van der Waals surface area contributed by atoms with E-state index in [9.17, 15) is 0 Å². The first-order valence-electron chi connectivity index (χ1n) is 17.2. The van der Waals surface area contributed by atoms with Gasteiger partial charge in [-0.3, -0.25) is 0 Å². The van der Waals surface area contributed by atoms with E-state index in [1.54, 1.807) is 0 Å². The number of hydrogen-bond donors (Lipinski definition) is 0. The molecular weight excluding hydrogens is 641 g/mol. The predicted octanol–water partition coefficient (Wildman–Crippen LogP) is 12.0. The number of hydrogen-bond acceptors (Lipinski definition) is 6. The number of aromatic nitrogens is 4. The van der Waals surface area contributed by atoms with Crippen molar-refractivity contribution in [1.29, 1.82) is 0 Å². The fraction of sp³-hybridized carbons (Fsp3) is 0. The van der Waals surface area contributed by atoms with E-state index in [1.165, 1.54) is 0 Å². The molecule has 11 rings (SSSR count). The van der Waals surface area contributed by atoms with Crippen molar-refractivity contribution in [2.45, 2.75) is 0 Å². The Morgan fingerprint density at radius 1 is 0.346 bits per heavy atom. The lowest BCUT2D eigenvalue weighted by molar-refractivity contribution is 0.668. The maximum Gasteiger partial charge on any atom is 0.164 e. The zero-order chi connectivity index (χ0) is 34.2. The lowest BCUT2D eigenvalue weighted by Gasteiger charge is -2.11. The molecule has 11 aromatic rings. The molecule has 0 unspecified atom stereocenters. The summed E-state index contributed by atoms with van der Waals surface area (Å²) in [6.07, 6.45) is 0. The van der Waals surface area contributed by atoms with Crippen LogP contribution in [0.2, 0.25) is 0 Å². The molecule has 0 radical (unpaired) electrons. The van der Waals surface area contributed by atoms with Gasteiger partial charge in [0, 0.05) is 49.2 Å². The molecule has 0 aliphatic heterocycles. The van der Waals surface area contributed by atoms with Crippen LogP contribution in [0.1, 0.15) is 0 Å². The van der Waals surface area contributed by atoms with E-state index in [1.807, 2.05) is 72.8 Å². The van der Waals surface area contributed by atoms with E-state index < -0.39 is 0 Å². The maximum absolute atomic E-state index is 6.48. The molecule has 0 atom stereocenters. The number of nitrogens with zero attached hydrogens (tertiary/aromatic N) is 4. The number of rotatable bonds is 4. The molecule has 6 nitrogen and oxygen atoms in total. The molecule has 4 heterocycles. The van der Waals surface area contributed by atoms with Crippen LogP contribution >= 0.6 is 0 Å². The van der Waals surface area contributed by atoms with E-state index >= 15 is 0 Å². The van der Waals surface area contributed by atoms with Crippen molar-refractivity contribution in [2.24, 2.45) is 0 Å². The van der Waals surface area contributed by atoms with Gasteiger partial charge in [0.1, 0.15) is 22.4 Å². The summed E-state index contributed by atoms with van der Waals surface area (Å²) in [7, 11) is 0. The fourth-order valence-electron chi connectivity index (χ4n) is 7.53. The number of furan rings is 2. The minimum atomic E-state index is 0.574. The van der Waals surface area contributed by atoms with Gasteiger partial charge in [-0.2, -0.15) is 0 Å². The summed E-state index contributed by atoms with van der Waals surface area (Å²) in [4.78, 5) is 20.5. The molecule has 0 saturated carbocycles. The van der Waals surface area contributed by atoms with Crippen LogP contribution in [0.15, 0.2) is 167 Å². The molecule has 0 N–H and O–H groups in total. The Bertz CT molecular complexity index is 3190. The van der Waals surface area contributed by atoms with Crippen molar-refractivity contribution in [1.82, 2.24) is 19.9 Å². The quantitative estimate of drug-likeness (QED) is 0.186. The summed E-state index contributed by atoms with van der Waals surface area (Å²) in [5.41, 5.74) is 8.57. The van der Waals surface area contributed by atoms with Crippen LogP contribution in [0.3, 0.4) is 0 Å². The molecule has 0 aliphatic rings. The summed E-state index contributed by atoms with van der Waals surface area (Å²) in [6, 6.07) is 53.3. The van der Waals surface area contributed by atoms with Gasteiger partial charge < -0.3 is 8.83 Å². The first kappa shape index (κ1) is 28.6. The number of para-hydroxylation sites is 3. The van der Waals surface area contributed by atoms with Crippen molar-refractivity contribution < 1.29 is 8.83 Å². The number of fused-ring (bicyclic) bond motifs is 9. The van der Waals surface area contributed by atoms with Crippen LogP contribution in [0.5, 0.6) is 0 Å². The van der Waals surface area contributed by atoms with Gasteiger partial charge in [-0.05, 0) is 35.0 Å². The second-order valence-corrected chi connectivity index (χ2v) is 13.0. The summed E-state index contributed by atoms with van der Waals surface area (Å²) in [5, 5.41) is 7.42. The highest BCUT2D eigenvalue weighted by Gasteiger charge is 2.20. The monoisotopic (exact) mass is 666 g/mol. The zero-order valence-corrected chi connectivity index (χ0v) is 27.6. The first-order valence-corrected chi connectivity index (χ1v) is 17.2. The minimum Gasteiger partial charge on any atom is -0.456 e. The third kappa shape index (κ3) is 4.38. The SMILES string of the molecule is c1ccc2c(-c3nc(-c4ccc(-c5nc6ccccc6c6c5oc5ccccc56)cc4)nc(-c4cccc5oc6ccccc6c45)n3)cccc2c1. The Labute approximate surface area is 296 Å². The highest BCUT2D eigenvalue weighted by atomic mass is 16.3. The topological polar surface area (TPSA) is 77.8 Å². The Morgan fingerprint density at radius 3 is 1.73 bits per heavy atom. The van der Waals surface area contributed by atoms with Gasteiger partial charge in [0.05, 0.1) is 5.52 Å². The summed E-state index contributed by atoms with van der Waals surface area (Å²) < 4.78 is 12.7. The van der Waals surface area contributed by atoms with Crippen LogP contribution in [-0.2, 0) is 0 Å². The van der Waals surface area contributed by atoms with Crippen molar-refractivity contribution >= 4 is 65.6 Å². The average Bonchev–Trinajstić information content (AvgIpc) is 3.80. The van der Waals surface area contributed by atoms with Crippen molar-refractivity contribution in [3.8, 4) is 45.4 Å². The second-order valence-electron chi connectivity index (χ2n) is 13.0. The third-order valence-electron chi connectivity index (χ3n) is 9.94. The summed E-state index contributed by atoms with van der Waals surface area (Å²) in [6.45, 7) is 0. The highest BCUT2D eigenvalue weighted by molar-refractivity contribution is 6.20. The molecule has 0 bridgehead atoms. The van der Waals surface area contributed by atoms with E-state index in [0.29, 0.717) is 17.5 Å². The molecule has 6 heteroatoms. The molecule has 0 fully saturated rings. The molecule has 52 heavy (non-hydrogen) atoms. The van der Waals surface area contributed by atoms with Crippen LogP contribution in [0, 0.1) is 0 Å². The van der Waals surface area contributed by atoms with Gasteiger partial charge in [-0.25, -0.2) is 19.9 Å². The number of benzene rings is 7. The van der Waals surface area contributed by atoms with Gasteiger partial charge in [0.25, 0.3) is 0 Å². The second kappa shape index (κ2) is 11.2. The van der Waals surface area contributed by atoms with E-state index in [-0.39, 0.29) is 0 Å². The standard InChI is InChI=1S/C46H26N4O2/c1-2-13-30-27(11-1)12-9-17-31(30)45-48-44(49-46(50-45)35-18-10-22-39-40(35)33-15-4-7-20-37(33)51-39)29-25-23-28(24-26-29)42-43-41(32-14-3-6-19-36(32)47-42)34-16-5-8-21-38(34)52-43/h1-26H. The lowest BCUT2D eigenvalue weighted by atomic mass is 10.0. The van der Waals surface area contributed by atoms with Gasteiger partial charge in [0.15, 0.2) is 23.1 Å². The fourth-order valence-corrected chi connectivity index (χ4v) is 7.53. The predicted molar refractivity (Wildman–Crippen MR) is 209 cm³/mol. The first-order chi connectivity index (χ1) is 25.8. The molecule has 242 valence electrons. The Balaban J connectivity index is 1.12. The Kier molecular flexibility index (Phi) is 6.15. The largest absolute Gasteiger partial charge is 0.456 e. The minimum absolute atomic E-state index is 0.574. The molecule has 0 saturated heterocycles. The molecule has 0 amide bonds. The van der Waals surface area contributed by atoms with Crippen molar-refractivity contribution in [2.75, 3.05) is 0 Å². The van der Waals surface area contributed by atoms with Crippen LogP contribution in [0.25, 0.3) is 111 Å². The molecule has 0 aliphatic carbocycles. The van der Waals surface area contributed by atoms with Crippen LogP contribution < -0.4 is 0 Å². The highest BCUT2D eigenvalue weighted by Crippen LogP contribution is 2.40. The van der Waals surface area contributed by atoms with E-state index in [0.717, 1.165) is 93.5 Å². The Morgan fingerprint density at radius 2 is 0.904 bits per heavy atom. The zero-order valence-electron chi connectivity index (χ0n) is 27.6. The maximum atomic E-state index is 6.48. The summed E-state index contributed by atoms with van der Waals surface area (Å²) in [5.74, 6) is 1.75. The van der Waals surface area contributed by atoms with Crippen LogP contribution in [-0.4, -0.2) is 19.9 Å². The molecule has 7 aromatic carbocycles. The van der Waals surface area contributed by atoms with Crippen LogP contribution in [0.4, 0.5) is 0 Å². The summed E-state index contributed by atoms with van der Waals surface area (Å²) >= 11 is 0. The lowest BCUT2D eigenvalue weighted by Crippen LogP contribution is -2.01. The molecule has 4 aromatic heterocycles. The normalized spacial score (nSPS) is 11.8. The smallest absolute Gasteiger partial charge is 0.164 e. The van der Waals surface area contributed by atoms with Crippen molar-refractivity contribution in [3.63, 3.8) is 0 Å². The molecular formula is C46H26N4O2. The Hall–Kier alpha value is -7.18.